The number of likely N-dealkylation sites (N-methyl/N-ethyl adjacent to an activating group) is 1. The van der Waals surface area contributed by atoms with Crippen LogP contribution >= 0.6 is 0 Å². The Hall–Kier alpha value is -1.06. The topological polar surface area (TPSA) is 38.5 Å². The second-order valence-electron chi connectivity index (χ2n) is 5.12. The molecule has 102 valence electrons. The maximum absolute atomic E-state index is 5.95. The summed E-state index contributed by atoms with van der Waals surface area (Å²) in [5.41, 5.74) is 7.20. The third kappa shape index (κ3) is 3.47. The molecule has 3 nitrogen and oxygen atoms in total. The zero-order valence-electron chi connectivity index (χ0n) is 12.1. The van der Waals surface area contributed by atoms with E-state index in [-0.39, 0.29) is 5.54 Å². The Morgan fingerprint density at radius 1 is 1.33 bits per heavy atom. The Balaban J connectivity index is 2.82. The molecule has 1 aromatic carbocycles. The molecule has 18 heavy (non-hydrogen) atoms. The first kappa shape index (κ1) is 15.0. The highest BCUT2D eigenvalue weighted by Gasteiger charge is 2.27. The fourth-order valence-corrected chi connectivity index (χ4v) is 2.27. The monoisotopic (exact) mass is 250 g/mol. The summed E-state index contributed by atoms with van der Waals surface area (Å²) < 4.78 is 5.39. The number of hydrogen-bond donors (Lipinski definition) is 1. The molecule has 0 spiro atoms. The normalized spacial score (nSPS) is 14.6. The zero-order chi connectivity index (χ0) is 13.6. The van der Waals surface area contributed by atoms with E-state index in [9.17, 15) is 0 Å². The van der Waals surface area contributed by atoms with E-state index >= 15 is 0 Å². The molecular formula is C15H26N2O. The van der Waals surface area contributed by atoms with Gasteiger partial charge in [0.15, 0.2) is 0 Å². The number of nitrogens with zero attached hydrogens (tertiary/aromatic N) is 1. The third-order valence-corrected chi connectivity index (χ3v) is 3.75. The van der Waals surface area contributed by atoms with Gasteiger partial charge < -0.3 is 10.5 Å². The van der Waals surface area contributed by atoms with E-state index in [1.807, 2.05) is 18.2 Å². The maximum Gasteiger partial charge on any atom is 0.123 e. The molecular weight excluding hydrogens is 224 g/mol. The minimum Gasteiger partial charge on any atom is -0.496 e. The minimum atomic E-state index is 0.0512. The van der Waals surface area contributed by atoms with Gasteiger partial charge in [-0.3, -0.25) is 4.90 Å². The van der Waals surface area contributed by atoms with E-state index < -0.39 is 0 Å². The van der Waals surface area contributed by atoms with Gasteiger partial charge in [-0.1, -0.05) is 31.5 Å². The molecule has 1 rings (SSSR count). The van der Waals surface area contributed by atoms with Crippen LogP contribution in [0.2, 0.25) is 0 Å². The van der Waals surface area contributed by atoms with E-state index in [0.717, 1.165) is 25.1 Å². The number of hydrogen-bond acceptors (Lipinski definition) is 3. The third-order valence-electron chi connectivity index (χ3n) is 3.75. The summed E-state index contributed by atoms with van der Waals surface area (Å²) in [5, 5.41) is 0. The summed E-state index contributed by atoms with van der Waals surface area (Å²) >= 11 is 0. The van der Waals surface area contributed by atoms with Crippen LogP contribution in [0.3, 0.4) is 0 Å². The molecule has 0 saturated heterocycles. The molecule has 0 amide bonds. The van der Waals surface area contributed by atoms with Crippen LogP contribution in [0.4, 0.5) is 0 Å². The molecule has 1 atom stereocenters. The Morgan fingerprint density at radius 3 is 2.56 bits per heavy atom. The Morgan fingerprint density at radius 2 is 2.00 bits per heavy atom. The minimum absolute atomic E-state index is 0.0512. The molecule has 0 aliphatic carbocycles. The lowest BCUT2D eigenvalue weighted by atomic mass is 9.94. The van der Waals surface area contributed by atoms with Crippen LogP contribution in [0.15, 0.2) is 24.3 Å². The molecule has 0 bridgehead atoms. The van der Waals surface area contributed by atoms with Crippen LogP contribution in [0.5, 0.6) is 5.75 Å². The predicted octanol–water partition coefficient (Wildman–Crippen LogP) is 2.64. The van der Waals surface area contributed by atoms with Gasteiger partial charge in [-0.15, -0.1) is 0 Å². The number of ether oxygens (including phenoxy) is 1. The Kier molecular flexibility index (Phi) is 5.63. The number of para-hydroxylation sites is 1. The second-order valence-corrected chi connectivity index (χ2v) is 5.12. The average molecular weight is 250 g/mol. The summed E-state index contributed by atoms with van der Waals surface area (Å²) in [7, 11) is 3.85. The van der Waals surface area contributed by atoms with Crippen molar-refractivity contribution in [2.75, 3.05) is 20.7 Å². The molecule has 1 unspecified atom stereocenters. The lowest BCUT2D eigenvalue weighted by molar-refractivity contribution is 0.124. The van der Waals surface area contributed by atoms with Gasteiger partial charge in [0, 0.05) is 24.2 Å². The van der Waals surface area contributed by atoms with Crippen molar-refractivity contribution >= 4 is 0 Å². The van der Waals surface area contributed by atoms with Crippen molar-refractivity contribution in [3.63, 3.8) is 0 Å². The van der Waals surface area contributed by atoms with Gasteiger partial charge in [0.05, 0.1) is 7.11 Å². The van der Waals surface area contributed by atoms with Gasteiger partial charge in [-0.05, 0) is 26.5 Å². The highest BCUT2D eigenvalue weighted by Crippen LogP contribution is 2.24. The van der Waals surface area contributed by atoms with Crippen molar-refractivity contribution in [1.29, 1.82) is 0 Å². The number of nitrogens with two attached hydrogens (primary N) is 1. The van der Waals surface area contributed by atoms with Crippen LogP contribution < -0.4 is 10.5 Å². The maximum atomic E-state index is 5.95. The van der Waals surface area contributed by atoms with Gasteiger partial charge in [-0.25, -0.2) is 0 Å². The summed E-state index contributed by atoms with van der Waals surface area (Å²) in [6.45, 7) is 5.96. The molecule has 2 N–H and O–H groups in total. The van der Waals surface area contributed by atoms with Crippen molar-refractivity contribution in [1.82, 2.24) is 4.90 Å². The fourth-order valence-electron chi connectivity index (χ4n) is 2.27. The van der Waals surface area contributed by atoms with Crippen molar-refractivity contribution < 1.29 is 4.74 Å². The second kappa shape index (κ2) is 6.76. The van der Waals surface area contributed by atoms with Crippen LogP contribution in [0.25, 0.3) is 0 Å². The summed E-state index contributed by atoms with van der Waals surface area (Å²) in [6.07, 6.45) is 2.25. The first-order valence-electron chi connectivity index (χ1n) is 6.60. The lowest BCUT2D eigenvalue weighted by Gasteiger charge is -2.38. The van der Waals surface area contributed by atoms with E-state index in [4.69, 9.17) is 10.5 Å². The van der Waals surface area contributed by atoms with Gasteiger partial charge in [0.1, 0.15) is 5.75 Å². The van der Waals surface area contributed by atoms with E-state index in [1.54, 1.807) is 7.11 Å². The summed E-state index contributed by atoms with van der Waals surface area (Å²) in [5.74, 6) is 0.945. The molecule has 0 aliphatic rings. The number of rotatable bonds is 7. The van der Waals surface area contributed by atoms with E-state index in [0.29, 0.717) is 6.54 Å². The highest BCUT2D eigenvalue weighted by atomic mass is 16.5. The van der Waals surface area contributed by atoms with Crippen molar-refractivity contribution in [3.05, 3.63) is 29.8 Å². The van der Waals surface area contributed by atoms with Crippen molar-refractivity contribution in [2.45, 2.75) is 38.8 Å². The molecule has 0 saturated carbocycles. The van der Waals surface area contributed by atoms with Crippen molar-refractivity contribution in [3.8, 4) is 5.75 Å². The molecule has 0 radical (unpaired) electrons. The van der Waals surface area contributed by atoms with Gasteiger partial charge in [0.2, 0.25) is 0 Å². The quantitative estimate of drug-likeness (QED) is 0.808. The smallest absolute Gasteiger partial charge is 0.123 e. The van der Waals surface area contributed by atoms with Crippen LogP contribution in [0, 0.1) is 0 Å². The van der Waals surface area contributed by atoms with E-state index in [2.05, 4.69) is 31.9 Å². The summed E-state index contributed by atoms with van der Waals surface area (Å²) in [4.78, 5) is 2.33. The number of benzene rings is 1. The van der Waals surface area contributed by atoms with Gasteiger partial charge in [0.25, 0.3) is 0 Å². The molecule has 0 fully saturated rings. The standard InChI is InChI=1S/C15H26N2O/c1-5-10-15(2,12-16)17(3)11-13-8-6-7-9-14(13)18-4/h6-9H,5,10-12,16H2,1-4H3. The van der Waals surface area contributed by atoms with Gasteiger partial charge in [-0.2, -0.15) is 0 Å². The summed E-state index contributed by atoms with van der Waals surface area (Å²) in [6, 6.07) is 8.16. The zero-order valence-corrected chi connectivity index (χ0v) is 12.1. The Bertz CT molecular complexity index is 367. The molecule has 0 aromatic heterocycles. The van der Waals surface area contributed by atoms with Crippen LogP contribution in [-0.2, 0) is 6.54 Å². The first-order chi connectivity index (χ1) is 8.57. The van der Waals surface area contributed by atoms with Crippen LogP contribution in [-0.4, -0.2) is 31.1 Å². The van der Waals surface area contributed by atoms with Crippen molar-refractivity contribution in [2.24, 2.45) is 5.73 Å². The fraction of sp³-hybridized carbons (Fsp3) is 0.600. The highest BCUT2D eigenvalue weighted by molar-refractivity contribution is 5.33. The average Bonchev–Trinajstić information content (AvgIpc) is 2.39. The first-order valence-corrected chi connectivity index (χ1v) is 6.60. The molecule has 3 heteroatoms. The molecule has 1 aromatic rings. The lowest BCUT2D eigenvalue weighted by Crippen LogP contribution is -2.49. The Labute approximate surface area is 111 Å². The predicted molar refractivity (Wildman–Crippen MR) is 76.8 cm³/mol. The van der Waals surface area contributed by atoms with Crippen LogP contribution in [0.1, 0.15) is 32.3 Å². The van der Waals surface area contributed by atoms with E-state index in [1.165, 1.54) is 5.56 Å². The molecule has 0 aliphatic heterocycles. The van der Waals surface area contributed by atoms with Gasteiger partial charge >= 0.3 is 0 Å². The SMILES string of the molecule is CCCC(C)(CN)N(C)Cc1ccccc1OC. The number of methoxy groups -OCH3 is 1. The largest absolute Gasteiger partial charge is 0.496 e. The molecule has 0 heterocycles.